The molecule has 2 aromatic rings. The molecule has 1 aromatic carbocycles. The Morgan fingerprint density at radius 2 is 2.31 bits per heavy atom. The van der Waals surface area contributed by atoms with Crippen molar-refractivity contribution in [3.05, 3.63) is 41.5 Å². The van der Waals surface area contributed by atoms with Crippen molar-refractivity contribution < 1.29 is 4.52 Å². The second-order valence-corrected chi connectivity index (χ2v) is 6.21. The fourth-order valence-corrected chi connectivity index (χ4v) is 3.12. The average molecular weight is 353 g/mol. The first-order chi connectivity index (χ1) is 12.7. The van der Waals surface area contributed by atoms with Crippen molar-refractivity contribution in [2.45, 2.75) is 32.4 Å². The zero-order valence-electron chi connectivity index (χ0n) is 15.1. The van der Waals surface area contributed by atoms with E-state index >= 15 is 0 Å². The van der Waals surface area contributed by atoms with Gasteiger partial charge in [0, 0.05) is 33.1 Å². The van der Waals surface area contributed by atoms with Crippen molar-refractivity contribution in [3.63, 3.8) is 0 Å². The minimum absolute atomic E-state index is 0.244. The zero-order chi connectivity index (χ0) is 18.4. The van der Waals surface area contributed by atoms with E-state index in [1.807, 2.05) is 24.3 Å². The Morgan fingerprint density at radius 3 is 3.04 bits per heavy atom. The molecule has 1 unspecified atom stereocenters. The third-order valence-electron chi connectivity index (χ3n) is 4.33. The fraction of sp³-hybridized carbons (Fsp3) is 0.444. The van der Waals surface area contributed by atoms with Crippen molar-refractivity contribution >= 4 is 11.6 Å². The number of aliphatic imine (C=N–C) groups is 1. The zero-order valence-corrected chi connectivity index (χ0v) is 15.1. The highest BCUT2D eigenvalue weighted by Crippen LogP contribution is 2.23. The van der Waals surface area contributed by atoms with E-state index in [4.69, 9.17) is 4.52 Å². The normalized spacial score (nSPS) is 17.7. The summed E-state index contributed by atoms with van der Waals surface area (Å²) in [5, 5.41) is 19.9. The topological polar surface area (TPSA) is 102 Å². The standard InChI is InChI=1S/C18H23N7O/c1-13-22-17(24-26-13)11-21-18(20-2)23-15-7-5-9-25(12-15)16-8-4-3-6-14(16)10-19/h3-4,6,8,15H,5,7,9,11-12H2,1-2H3,(H2,20,21,23). The molecule has 2 N–H and O–H groups in total. The molecule has 8 nitrogen and oxygen atoms in total. The van der Waals surface area contributed by atoms with Crippen molar-refractivity contribution in [2.75, 3.05) is 25.0 Å². The first kappa shape index (κ1) is 17.7. The monoisotopic (exact) mass is 353 g/mol. The molecule has 0 radical (unpaired) electrons. The summed E-state index contributed by atoms with van der Waals surface area (Å²) in [6, 6.07) is 10.3. The number of nitrogens with one attached hydrogen (secondary N) is 2. The number of aromatic nitrogens is 2. The number of anilines is 1. The molecule has 26 heavy (non-hydrogen) atoms. The smallest absolute Gasteiger partial charge is 0.223 e. The van der Waals surface area contributed by atoms with Gasteiger partial charge in [-0.15, -0.1) is 0 Å². The lowest BCUT2D eigenvalue weighted by Crippen LogP contribution is -2.51. The van der Waals surface area contributed by atoms with E-state index in [1.165, 1.54) is 0 Å². The van der Waals surface area contributed by atoms with Crippen molar-refractivity contribution in [1.29, 1.82) is 5.26 Å². The van der Waals surface area contributed by atoms with Crippen molar-refractivity contribution in [3.8, 4) is 6.07 Å². The Bertz CT molecular complexity index is 808. The number of rotatable bonds is 4. The van der Waals surface area contributed by atoms with Gasteiger partial charge in [0.2, 0.25) is 5.89 Å². The Labute approximate surface area is 152 Å². The Balaban J connectivity index is 1.59. The predicted octanol–water partition coefficient (Wildman–Crippen LogP) is 1.58. The maximum Gasteiger partial charge on any atom is 0.223 e. The summed E-state index contributed by atoms with van der Waals surface area (Å²) in [6.07, 6.45) is 2.10. The number of piperidine rings is 1. The molecule has 1 aliphatic rings. The molecule has 0 aliphatic carbocycles. The van der Waals surface area contributed by atoms with Crippen LogP contribution in [0.1, 0.15) is 30.1 Å². The molecule has 2 heterocycles. The van der Waals surface area contributed by atoms with Gasteiger partial charge >= 0.3 is 0 Å². The Morgan fingerprint density at radius 1 is 1.46 bits per heavy atom. The molecule has 0 bridgehead atoms. The molecule has 1 atom stereocenters. The molecule has 1 fully saturated rings. The van der Waals surface area contributed by atoms with Gasteiger partial charge in [0.05, 0.1) is 17.8 Å². The Kier molecular flexibility index (Phi) is 5.69. The van der Waals surface area contributed by atoms with Crippen LogP contribution in [0.25, 0.3) is 0 Å². The number of aryl methyl sites for hydroxylation is 1. The number of para-hydroxylation sites is 1. The van der Waals surface area contributed by atoms with Gasteiger partial charge in [-0.2, -0.15) is 10.2 Å². The molecule has 1 aliphatic heterocycles. The molecule has 8 heteroatoms. The largest absolute Gasteiger partial charge is 0.368 e. The molecule has 1 aromatic heterocycles. The van der Waals surface area contributed by atoms with E-state index in [0.29, 0.717) is 29.8 Å². The number of nitriles is 1. The lowest BCUT2D eigenvalue weighted by Gasteiger charge is -2.35. The molecule has 0 amide bonds. The molecular weight excluding hydrogens is 330 g/mol. The van der Waals surface area contributed by atoms with E-state index in [0.717, 1.165) is 31.6 Å². The molecular formula is C18H23N7O. The molecule has 3 rings (SSSR count). The van der Waals surface area contributed by atoms with Gasteiger partial charge in [-0.3, -0.25) is 4.99 Å². The van der Waals surface area contributed by atoms with Gasteiger partial charge in [0.1, 0.15) is 6.07 Å². The number of nitrogens with zero attached hydrogens (tertiary/aromatic N) is 5. The average Bonchev–Trinajstić information content (AvgIpc) is 3.10. The molecule has 0 spiro atoms. The first-order valence-electron chi connectivity index (χ1n) is 8.70. The third kappa shape index (κ3) is 4.30. The summed E-state index contributed by atoms with van der Waals surface area (Å²) in [5.41, 5.74) is 1.70. The summed E-state index contributed by atoms with van der Waals surface area (Å²) >= 11 is 0. The highest BCUT2D eigenvalue weighted by molar-refractivity contribution is 5.80. The van der Waals surface area contributed by atoms with E-state index in [-0.39, 0.29) is 6.04 Å². The van der Waals surface area contributed by atoms with Crippen LogP contribution in [-0.2, 0) is 6.54 Å². The van der Waals surface area contributed by atoms with Gasteiger partial charge in [0.25, 0.3) is 0 Å². The molecule has 136 valence electrons. The number of hydrogen-bond donors (Lipinski definition) is 2. The van der Waals surface area contributed by atoms with Crippen LogP contribution < -0.4 is 15.5 Å². The maximum absolute atomic E-state index is 9.34. The number of hydrogen-bond acceptors (Lipinski definition) is 6. The lowest BCUT2D eigenvalue weighted by molar-refractivity contribution is 0.386. The van der Waals surface area contributed by atoms with Gasteiger partial charge in [-0.05, 0) is 25.0 Å². The maximum atomic E-state index is 9.34. The SMILES string of the molecule is CN=C(NCc1noc(C)n1)NC1CCCN(c2ccccc2C#N)C1. The van der Waals surface area contributed by atoms with Crippen LogP contribution in [-0.4, -0.2) is 42.3 Å². The van der Waals surface area contributed by atoms with Gasteiger partial charge in [-0.1, -0.05) is 17.3 Å². The quantitative estimate of drug-likeness (QED) is 0.635. The summed E-state index contributed by atoms with van der Waals surface area (Å²) in [6.45, 7) is 3.98. The van der Waals surface area contributed by atoms with Crippen LogP contribution in [0.15, 0.2) is 33.8 Å². The van der Waals surface area contributed by atoms with Gasteiger partial charge < -0.3 is 20.1 Å². The minimum atomic E-state index is 0.244. The molecule has 1 saturated heterocycles. The summed E-state index contributed by atoms with van der Waals surface area (Å²) in [5.74, 6) is 1.84. The van der Waals surface area contributed by atoms with E-state index in [9.17, 15) is 5.26 Å². The fourth-order valence-electron chi connectivity index (χ4n) is 3.12. The summed E-state index contributed by atoms with van der Waals surface area (Å²) in [4.78, 5) is 10.7. The summed E-state index contributed by atoms with van der Waals surface area (Å²) < 4.78 is 4.97. The summed E-state index contributed by atoms with van der Waals surface area (Å²) in [7, 11) is 1.74. The van der Waals surface area contributed by atoms with Crippen LogP contribution >= 0.6 is 0 Å². The van der Waals surface area contributed by atoms with Crippen LogP contribution in [0, 0.1) is 18.3 Å². The number of guanidine groups is 1. The van der Waals surface area contributed by atoms with Crippen LogP contribution in [0.2, 0.25) is 0 Å². The minimum Gasteiger partial charge on any atom is -0.368 e. The second-order valence-electron chi connectivity index (χ2n) is 6.21. The lowest BCUT2D eigenvalue weighted by atomic mass is 10.0. The highest BCUT2D eigenvalue weighted by Gasteiger charge is 2.22. The van der Waals surface area contributed by atoms with E-state index in [1.54, 1.807) is 14.0 Å². The van der Waals surface area contributed by atoms with Gasteiger partial charge in [0.15, 0.2) is 11.8 Å². The van der Waals surface area contributed by atoms with Crippen molar-refractivity contribution in [2.24, 2.45) is 4.99 Å². The first-order valence-corrected chi connectivity index (χ1v) is 8.70. The van der Waals surface area contributed by atoms with Crippen LogP contribution in [0.5, 0.6) is 0 Å². The van der Waals surface area contributed by atoms with Crippen LogP contribution in [0.4, 0.5) is 5.69 Å². The highest BCUT2D eigenvalue weighted by atomic mass is 16.5. The van der Waals surface area contributed by atoms with E-state index in [2.05, 4.69) is 36.7 Å². The second kappa shape index (κ2) is 8.34. The third-order valence-corrected chi connectivity index (χ3v) is 4.33. The van der Waals surface area contributed by atoms with E-state index < -0.39 is 0 Å². The number of benzene rings is 1. The molecule has 0 saturated carbocycles. The Hall–Kier alpha value is -3.08. The van der Waals surface area contributed by atoms with Crippen molar-refractivity contribution in [1.82, 2.24) is 20.8 Å². The van der Waals surface area contributed by atoms with Gasteiger partial charge in [-0.25, -0.2) is 0 Å². The van der Waals surface area contributed by atoms with Crippen LogP contribution in [0.3, 0.4) is 0 Å². The predicted molar refractivity (Wildman–Crippen MR) is 98.8 cm³/mol.